The van der Waals surface area contributed by atoms with Crippen LogP contribution in [0.5, 0.6) is 0 Å². The molecule has 1 heterocycles. The predicted molar refractivity (Wildman–Crippen MR) is 69.0 cm³/mol. The lowest BCUT2D eigenvalue weighted by molar-refractivity contribution is -0.141. The van der Waals surface area contributed by atoms with Crippen molar-refractivity contribution in [2.24, 2.45) is 0 Å². The summed E-state index contributed by atoms with van der Waals surface area (Å²) < 4.78 is 38.5. The minimum atomic E-state index is -4.55. The van der Waals surface area contributed by atoms with E-state index >= 15 is 0 Å². The third kappa shape index (κ3) is 2.91. The van der Waals surface area contributed by atoms with Crippen molar-refractivity contribution in [3.63, 3.8) is 0 Å². The number of hydrogen-bond acceptors (Lipinski definition) is 4. The van der Waals surface area contributed by atoms with E-state index in [-0.39, 0.29) is 16.4 Å². The van der Waals surface area contributed by atoms with Crippen molar-refractivity contribution in [3.05, 3.63) is 41.6 Å². The highest BCUT2D eigenvalue weighted by atomic mass is 32.2. The summed E-state index contributed by atoms with van der Waals surface area (Å²) in [6.45, 7) is 0. The molecule has 0 aliphatic rings. The summed E-state index contributed by atoms with van der Waals surface area (Å²) in [6.07, 6.45) is -2.96. The smallest absolute Gasteiger partial charge is 0.222 e. The molecule has 0 aliphatic heterocycles. The van der Waals surface area contributed by atoms with Gasteiger partial charge in [0.1, 0.15) is 5.69 Å². The minimum Gasteiger partial charge on any atom is -0.222 e. The predicted octanol–water partition coefficient (Wildman–Crippen LogP) is 3.76. The van der Waals surface area contributed by atoms with Crippen molar-refractivity contribution in [1.82, 2.24) is 9.97 Å². The van der Waals surface area contributed by atoms with Crippen molar-refractivity contribution in [3.8, 4) is 17.3 Å². The Bertz CT molecular complexity index is 677. The summed E-state index contributed by atoms with van der Waals surface area (Å²) in [4.78, 5) is 7.49. The second-order valence-corrected chi connectivity index (χ2v) is 4.55. The molecule has 0 amide bonds. The largest absolute Gasteiger partial charge is 0.433 e. The molecular formula is C13H8F3N3S. The van der Waals surface area contributed by atoms with Crippen molar-refractivity contribution in [2.45, 2.75) is 11.3 Å². The van der Waals surface area contributed by atoms with Crippen LogP contribution in [0.3, 0.4) is 0 Å². The summed E-state index contributed by atoms with van der Waals surface area (Å²) in [6, 6.07) is 9.18. The lowest BCUT2D eigenvalue weighted by Crippen LogP contribution is -2.10. The van der Waals surface area contributed by atoms with Gasteiger partial charge in [-0.3, -0.25) is 0 Å². The molecule has 2 rings (SSSR count). The van der Waals surface area contributed by atoms with Crippen LogP contribution in [0.2, 0.25) is 0 Å². The third-order valence-corrected chi connectivity index (χ3v) is 3.05. The van der Waals surface area contributed by atoms with Crippen LogP contribution in [0.4, 0.5) is 13.2 Å². The lowest BCUT2D eigenvalue weighted by Gasteiger charge is -2.10. The number of benzene rings is 1. The SMILES string of the molecule is CSc1nc(-c2ccccc2C#N)cc(C(F)(F)F)n1. The third-order valence-electron chi connectivity index (χ3n) is 2.50. The van der Waals surface area contributed by atoms with E-state index < -0.39 is 11.9 Å². The van der Waals surface area contributed by atoms with Crippen LogP contribution < -0.4 is 0 Å². The standard InChI is InChI=1S/C13H8F3N3S/c1-20-12-18-10(6-11(19-12)13(14,15)16)9-5-3-2-4-8(9)7-17/h2-6H,1H3. The maximum Gasteiger partial charge on any atom is 0.433 e. The van der Waals surface area contributed by atoms with Gasteiger partial charge in [0.15, 0.2) is 5.16 Å². The van der Waals surface area contributed by atoms with Gasteiger partial charge in [-0.25, -0.2) is 9.97 Å². The van der Waals surface area contributed by atoms with E-state index in [0.717, 1.165) is 17.8 Å². The van der Waals surface area contributed by atoms with Gasteiger partial charge in [0.05, 0.1) is 17.3 Å². The Morgan fingerprint density at radius 1 is 1.20 bits per heavy atom. The Labute approximate surface area is 117 Å². The Kier molecular flexibility index (Phi) is 3.95. The summed E-state index contributed by atoms with van der Waals surface area (Å²) in [5.41, 5.74) is -0.294. The number of rotatable bonds is 2. The van der Waals surface area contributed by atoms with Crippen LogP contribution in [0, 0.1) is 11.3 Å². The number of nitriles is 1. The molecule has 0 unspecified atom stereocenters. The van der Waals surface area contributed by atoms with E-state index in [1.807, 2.05) is 6.07 Å². The van der Waals surface area contributed by atoms with Crippen molar-refractivity contribution in [2.75, 3.05) is 6.26 Å². The van der Waals surface area contributed by atoms with Gasteiger partial charge < -0.3 is 0 Å². The molecule has 0 radical (unpaired) electrons. The fraction of sp³-hybridized carbons (Fsp3) is 0.154. The zero-order valence-electron chi connectivity index (χ0n) is 10.3. The second-order valence-electron chi connectivity index (χ2n) is 3.78. The Balaban J connectivity index is 2.66. The van der Waals surface area contributed by atoms with Gasteiger partial charge >= 0.3 is 6.18 Å². The number of aromatic nitrogens is 2. The second kappa shape index (κ2) is 5.51. The minimum absolute atomic E-state index is 0.0163. The van der Waals surface area contributed by atoms with Crippen LogP contribution in [0.1, 0.15) is 11.3 Å². The molecule has 20 heavy (non-hydrogen) atoms. The summed E-state index contributed by atoms with van der Waals surface area (Å²) in [5.74, 6) is 0. The van der Waals surface area contributed by atoms with Crippen LogP contribution >= 0.6 is 11.8 Å². The molecule has 0 saturated heterocycles. The summed E-state index contributed by atoms with van der Waals surface area (Å²) >= 11 is 1.02. The van der Waals surface area contributed by atoms with Gasteiger partial charge in [0, 0.05) is 5.56 Å². The van der Waals surface area contributed by atoms with E-state index in [4.69, 9.17) is 5.26 Å². The molecule has 7 heteroatoms. The molecule has 0 bridgehead atoms. The molecule has 0 spiro atoms. The average Bonchev–Trinajstić information content (AvgIpc) is 2.45. The van der Waals surface area contributed by atoms with Gasteiger partial charge in [-0.2, -0.15) is 18.4 Å². The van der Waals surface area contributed by atoms with Crippen LogP contribution in [0.15, 0.2) is 35.5 Å². The number of hydrogen-bond donors (Lipinski definition) is 0. The quantitative estimate of drug-likeness (QED) is 0.625. The molecule has 1 aromatic carbocycles. The van der Waals surface area contributed by atoms with E-state index in [9.17, 15) is 13.2 Å². The fourth-order valence-electron chi connectivity index (χ4n) is 1.60. The first kappa shape index (κ1) is 14.3. The molecule has 3 nitrogen and oxygen atoms in total. The van der Waals surface area contributed by atoms with E-state index in [2.05, 4.69) is 9.97 Å². The van der Waals surface area contributed by atoms with Crippen molar-refractivity contribution < 1.29 is 13.2 Å². The van der Waals surface area contributed by atoms with Crippen molar-refractivity contribution >= 4 is 11.8 Å². The van der Waals surface area contributed by atoms with E-state index in [1.54, 1.807) is 24.5 Å². The van der Waals surface area contributed by atoms with Crippen molar-refractivity contribution in [1.29, 1.82) is 5.26 Å². The first-order valence-electron chi connectivity index (χ1n) is 5.45. The Morgan fingerprint density at radius 3 is 2.50 bits per heavy atom. The number of alkyl halides is 3. The first-order valence-corrected chi connectivity index (χ1v) is 6.68. The maximum atomic E-state index is 12.8. The average molecular weight is 295 g/mol. The zero-order chi connectivity index (χ0) is 14.8. The van der Waals surface area contributed by atoms with Crippen LogP contribution in [0.25, 0.3) is 11.3 Å². The van der Waals surface area contributed by atoms with Gasteiger partial charge in [0.2, 0.25) is 0 Å². The van der Waals surface area contributed by atoms with Gasteiger partial charge in [-0.1, -0.05) is 30.0 Å². The van der Waals surface area contributed by atoms with Gasteiger partial charge in [-0.15, -0.1) is 0 Å². The molecule has 0 N–H and O–H groups in total. The molecule has 0 atom stereocenters. The lowest BCUT2D eigenvalue weighted by atomic mass is 10.0. The number of thioether (sulfide) groups is 1. The molecular weight excluding hydrogens is 287 g/mol. The highest BCUT2D eigenvalue weighted by molar-refractivity contribution is 7.98. The highest BCUT2D eigenvalue weighted by Gasteiger charge is 2.33. The van der Waals surface area contributed by atoms with E-state index in [0.29, 0.717) is 5.56 Å². The Morgan fingerprint density at radius 2 is 1.90 bits per heavy atom. The molecule has 2 aromatic rings. The number of halogens is 3. The Hall–Kier alpha value is -2.07. The number of nitrogens with zero attached hydrogens (tertiary/aromatic N) is 3. The van der Waals surface area contributed by atoms with Crippen LogP contribution in [-0.4, -0.2) is 16.2 Å². The normalized spacial score (nSPS) is 11.2. The summed E-state index contributed by atoms with van der Waals surface area (Å²) in [5, 5.41) is 9.03. The van der Waals surface area contributed by atoms with Crippen LogP contribution in [-0.2, 0) is 6.18 Å². The summed E-state index contributed by atoms with van der Waals surface area (Å²) in [7, 11) is 0. The molecule has 0 aliphatic carbocycles. The monoisotopic (exact) mass is 295 g/mol. The fourth-order valence-corrected chi connectivity index (χ4v) is 1.98. The topological polar surface area (TPSA) is 49.6 Å². The molecule has 102 valence electrons. The van der Waals surface area contributed by atoms with E-state index in [1.165, 1.54) is 6.07 Å². The highest BCUT2D eigenvalue weighted by Crippen LogP contribution is 2.32. The molecule has 0 saturated carbocycles. The molecule has 0 fully saturated rings. The van der Waals surface area contributed by atoms with Gasteiger partial charge in [0.25, 0.3) is 0 Å². The first-order chi connectivity index (χ1) is 9.45. The van der Waals surface area contributed by atoms with Gasteiger partial charge in [-0.05, 0) is 18.4 Å². The maximum absolute atomic E-state index is 12.8. The zero-order valence-corrected chi connectivity index (χ0v) is 11.1. The molecule has 1 aromatic heterocycles.